The van der Waals surface area contributed by atoms with Crippen molar-refractivity contribution in [3.63, 3.8) is 0 Å². The van der Waals surface area contributed by atoms with Crippen LogP contribution < -0.4 is 21.5 Å². The smallest absolute Gasteiger partial charge is 0.431 e. The lowest BCUT2D eigenvalue weighted by atomic mass is 9.83. The first-order valence-corrected chi connectivity index (χ1v) is 8.57. The van der Waals surface area contributed by atoms with Gasteiger partial charge in [-0.1, -0.05) is 4.48 Å². The molecule has 1 saturated heterocycles. The quantitative estimate of drug-likeness (QED) is 0.186. The maximum atomic E-state index is 13.0. The fraction of sp³-hybridized carbons (Fsp3) is 0.462. The number of imide groups is 1. The van der Waals surface area contributed by atoms with Gasteiger partial charge in [-0.2, -0.15) is 0 Å². The molecule has 4 atom stereocenters. The molecule has 0 aliphatic carbocycles. The Bertz CT molecular complexity index is 740. The zero-order valence-electron chi connectivity index (χ0n) is 13.8. The summed E-state index contributed by atoms with van der Waals surface area (Å²) in [5.41, 5.74) is 2.49. The Labute approximate surface area is 150 Å². The van der Waals surface area contributed by atoms with Crippen molar-refractivity contribution in [2.45, 2.75) is 17.8 Å². The lowest BCUT2D eigenvalue weighted by molar-refractivity contribution is -0.787. The van der Waals surface area contributed by atoms with Gasteiger partial charge in [0.25, 0.3) is 10.9 Å². The number of quaternary nitrogens is 1. The number of alkyl carbamates (subject to hydrolysis) is 1. The molecule has 13 heteroatoms. The molecule has 5 amide bonds. The van der Waals surface area contributed by atoms with Crippen molar-refractivity contribution in [3.05, 3.63) is 11.3 Å². The van der Waals surface area contributed by atoms with E-state index in [0.29, 0.717) is 0 Å². The van der Waals surface area contributed by atoms with Gasteiger partial charge in [0, 0.05) is 23.8 Å². The summed E-state index contributed by atoms with van der Waals surface area (Å²) in [6, 6.07) is -1.39. The molecule has 0 spiro atoms. The Balaban J connectivity index is 2.63. The molecule has 2 rings (SSSR count). The van der Waals surface area contributed by atoms with E-state index in [1.165, 1.54) is 14.0 Å². The average molecular weight is 388 g/mol. The Kier molecular flexibility index (Phi) is 4.98. The first-order chi connectivity index (χ1) is 12.1. The van der Waals surface area contributed by atoms with E-state index in [4.69, 9.17) is 10.5 Å². The first kappa shape index (κ1) is 19.7. The monoisotopic (exact) mass is 388 g/mol. The largest absolute Gasteiger partial charge is 0.611 e. The summed E-state index contributed by atoms with van der Waals surface area (Å²) in [6.45, 7) is 0.511. The van der Waals surface area contributed by atoms with Gasteiger partial charge in [-0.3, -0.25) is 4.79 Å². The van der Waals surface area contributed by atoms with E-state index in [-0.39, 0.29) is 17.7 Å². The van der Waals surface area contributed by atoms with Gasteiger partial charge < -0.3 is 35.6 Å². The van der Waals surface area contributed by atoms with Gasteiger partial charge in [0.15, 0.2) is 5.70 Å². The summed E-state index contributed by atoms with van der Waals surface area (Å²) >= 11 is -2.00. The number of nitrogens with zero attached hydrogens (tertiary/aromatic N) is 1. The number of primary amides is 1. The third-order valence-corrected chi connectivity index (χ3v) is 6.27. The molecule has 0 aromatic rings. The number of carboxylic acid groups (broad SMARTS) is 1. The minimum absolute atomic E-state index is 0.0151. The molecule has 3 unspecified atom stereocenters. The van der Waals surface area contributed by atoms with Crippen LogP contribution in [0.15, 0.2) is 11.3 Å². The molecule has 0 aromatic heterocycles. The summed E-state index contributed by atoms with van der Waals surface area (Å²) in [5, 5.41) is 14.2. The topological polar surface area (TPSA) is 191 Å². The maximum absolute atomic E-state index is 13.0. The summed E-state index contributed by atoms with van der Waals surface area (Å²) in [4.78, 5) is 59.0. The van der Waals surface area contributed by atoms with E-state index >= 15 is 0 Å². The van der Waals surface area contributed by atoms with Crippen molar-refractivity contribution in [1.82, 2.24) is 10.6 Å². The fourth-order valence-corrected chi connectivity index (χ4v) is 5.45. The number of carbonyl (C=O) groups is 5. The highest BCUT2D eigenvalue weighted by molar-refractivity contribution is 7.92. The van der Waals surface area contributed by atoms with Crippen LogP contribution in [0.2, 0.25) is 0 Å². The van der Waals surface area contributed by atoms with Crippen LogP contribution >= 0.6 is 0 Å². The van der Waals surface area contributed by atoms with Crippen molar-refractivity contribution in [1.29, 1.82) is 0 Å². The lowest BCUT2D eigenvalue weighted by Gasteiger charge is -2.56. The second kappa shape index (κ2) is 6.59. The van der Waals surface area contributed by atoms with Crippen molar-refractivity contribution in [2.75, 3.05) is 19.4 Å². The van der Waals surface area contributed by atoms with Gasteiger partial charge in [0.05, 0.1) is 0 Å². The number of urea groups is 1. The number of carboxylic acids is 1. The fourth-order valence-electron chi connectivity index (χ4n) is 3.38. The first-order valence-electron chi connectivity index (χ1n) is 7.19. The highest BCUT2D eigenvalue weighted by Gasteiger charge is 2.86. The number of rotatable bonds is 5. The second-order valence-electron chi connectivity index (χ2n) is 5.72. The van der Waals surface area contributed by atoms with E-state index in [1.54, 1.807) is 0 Å². The molecule has 0 radical (unpaired) electrons. The number of fused-ring (bicyclic) bond motifs is 1. The second-order valence-corrected chi connectivity index (χ2v) is 7.22. The molecular formula is C13H16N4O8S. The lowest BCUT2D eigenvalue weighted by Crippen LogP contribution is -2.94. The number of nitrogens with one attached hydrogen (secondary N) is 2. The molecule has 2 heterocycles. The van der Waals surface area contributed by atoms with Crippen molar-refractivity contribution < 1.29 is 42.9 Å². The minimum atomic E-state index is -2.07. The highest BCUT2D eigenvalue weighted by Crippen LogP contribution is 2.50. The SMILES string of the molecule is CNC(=O)OCC1(NC=O)C(=O)[N+]2(C(N)=O)C(C(=O)[O-])=C(C)C[S+]([O-])[C@@H]12. The molecule has 0 bridgehead atoms. The number of nitrogens with two attached hydrogens (primary N) is 1. The molecule has 2 aliphatic rings. The number of ether oxygens (including phenoxy) is 1. The van der Waals surface area contributed by atoms with E-state index < -0.39 is 62.9 Å². The zero-order chi connectivity index (χ0) is 19.9. The number of aliphatic carboxylic acids is 1. The number of carbonyl (C=O) groups excluding carboxylic acids is 5. The summed E-state index contributed by atoms with van der Waals surface area (Å²) < 4.78 is 15.9. The van der Waals surface area contributed by atoms with E-state index in [9.17, 15) is 33.6 Å². The van der Waals surface area contributed by atoms with Gasteiger partial charge in [-0.15, -0.1) is 0 Å². The number of amides is 5. The molecule has 2 aliphatic heterocycles. The minimum Gasteiger partial charge on any atom is -0.611 e. The van der Waals surface area contributed by atoms with Crippen LogP contribution in [-0.4, -0.2) is 69.8 Å². The zero-order valence-corrected chi connectivity index (χ0v) is 14.6. The van der Waals surface area contributed by atoms with Gasteiger partial charge in [0.2, 0.25) is 6.41 Å². The van der Waals surface area contributed by atoms with Crippen molar-refractivity contribution in [2.24, 2.45) is 5.73 Å². The van der Waals surface area contributed by atoms with Crippen LogP contribution in [0.3, 0.4) is 0 Å². The molecule has 12 nitrogen and oxygen atoms in total. The average Bonchev–Trinajstić information content (AvgIpc) is 2.56. The molecular weight excluding hydrogens is 372 g/mol. The van der Waals surface area contributed by atoms with Crippen LogP contribution in [0.5, 0.6) is 0 Å². The predicted octanol–water partition coefficient (Wildman–Crippen LogP) is -3.62. The van der Waals surface area contributed by atoms with E-state index in [2.05, 4.69) is 10.6 Å². The third kappa shape index (κ3) is 2.35. The maximum Gasteiger partial charge on any atom is 0.431 e. The van der Waals surface area contributed by atoms with Crippen LogP contribution in [0.25, 0.3) is 0 Å². The third-order valence-electron chi connectivity index (χ3n) is 4.33. The Morgan fingerprint density at radius 1 is 1.50 bits per heavy atom. The van der Waals surface area contributed by atoms with Gasteiger partial charge in [0.1, 0.15) is 18.3 Å². The predicted molar refractivity (Wildman–Crippen MR) is 81.7 cm³/mol. The van der Waals surface area contributed by atoms with Crippen LogP contribution in [0, 0.1) is 0 Å². The van der Waals surface area contributed by atoms with Crippen molar-refractivity contribution >= 4 is 41.6 Å². The number of β-lactam (4-membered cyclic amide) rings is 1. The summed E-state index contributed by atoms with van der Waals surface area (Å²) in [6.07, 6.45) is -0.858. The van der Waals surface area contributed by atoms with E-state index in [1.807, 2.05) is 0 Å². The van der Waals surface area contributed by atoms with Gasteiger partial charge >= 0.3 is 18.0 Å². The summed E-state index contributed by atoms with van der Waals surface area (Å²) in [5.74, 6) is -3.31. The molecule has 1 fully saturated rings. The Morgan fingerprint density at radius 2 is 2.12 bits per heavy atom. The number of hydrogen-bond donors (Lipinski definition) is 3. The van der Waals surface area contributed by atoms with E-state index in [0.717, 1.165) is 0 Å². The Morgan fingerprint density at radius 3 is 2.58 bits per heavy atom. The standard InChI is InChI=1S/C13H16N4O8S/c1-6-3-26(24)10-13(16-5-18,4-25-12(23)15-2)9(21)17(10,11(14)22)7(6)8(19)20/h5,10H,3-4H2,1-2H3,(H4-,14,15,16,18,19,20,22,23)/t10-,13?,17?,26?/m0/s1. The van der Waals surface area contributed by atoms with Crippen molar-refractivity contribution in [3.8, 4) is 0 Å². The normalized spacial score (nSPS) is 32.8. The van der Waals surface area contributed by atoms with Crippen LogP contribution in [0.1, 0.15) is 6.92 Å². The number of hydrogen-bond acceptors (Lipinski definition) is 8. The highest BCUT2D eigenvalue weighted by atomic mass is 32.2. The molecule has 26 heavy (non-hydrogen) atoms. The molecule has 0 aromatic carbocycles. The molecule has 142 valence electrons. The van der Waals surface area contributed by atoms with Gasteiger partial charge in [-0.05, 0) is 6.92 Å². The van der Waals surface area contributed by atoms with Crippen LogP contribution in [0.4, 0.5) is 9.59 Å². The van der Waals surface area contributed by atoms with Crippen LogP contribution in [-0.2, 0) is 30.3 Å². The molecule has 4 N–H and O–H groups in total. The summed E-state index contributed by atoms with van der Waals surface area (Å²) in [7, 11) is 1.24. The Hall–Kier alpha value is -2.64. The molecule has 0 saturated carbocycles. The van der Waals surface area contributed by atoms with Gasteiger partial charge in [-0.25, -0.2) is 14.4 Å².